The molecule has 7 atom stereocenters. The number of methoxy groups -OCH3 is 2. The number of hydrogen-bond acceptors (Lipinski definition) is 5. The third-order valence-electron chi connectivity index (χ3n) is 10.8. The maximum Gasteiger partial charge on any atom is 0.309 e. The molecular weight excluding hydrogens is 476 g/mol. The second-order valence-electron chi connectivity index (χ2n) is 13.1. The molecule has 0 saturated heterocycles. The molecule has 0 aromatic carbocycles. The average molecular weight is 527 g/mol. The van der Waals surface area contributed by atoms with Gasteiger partial charge in [-0.05, 0) is 79.3 Å². The molecule has 0 unspecified atom stereocenters. The maximum atomic E-state index is 13.2. The van der Waals surface area contributed by atoms with Gasteiger partial charge in [0.05, 0.1) is 26.2 Å². The molecule has 5 nitrogen and oxygen atoms in total. The first-order valence-electron chi connectivity index (χ1n) is 14.2. The minimum Gasteiger partial charge on any atom is -0.469 e. The number of allylic oxidation sites excluding steroid dienone is 6. The van der Waals surface area contributed by atoms with Crippen LogP contribution in [0.5, 0.6) is 0 Å². The summed E-state index contributed by atoms with van der Waals surface area (Å²) >= 11 is 0. The largest absolute Gasteiger partial charge is 0.469 e. The molecule has 3 aliphatic rings. The Morgan fingerprint density at radius 2 is 1.74 bits per heavy atom. The van der Waals surface area contributed by atoms with Gasteiger partial charge in [-0.2, -0.15) is 0 Å². The van der Waals surface area contributed by atoms with Gasteiger partial charge in [-0.25, -0.2) is 0 Å². The van der Waals surface area contributed by atoms with Crippen molar-refractivity contribution in [3.8, 4) is 0 Å². The third-order valence-corrected chi connectivity index (χ3v) is 10.8. The molecule has 0 heterocycles. The summed E-state index contributed by atoms with van der Waals surface area (Å²) in [5.74, 6) is -0.491. The Balaban J connectivity index is 2.06. The van der Waals surface area contributed by atoms with E-state index in [1.165, 1.54) is 25.4 Å². The molecule has 5 heteroatoms. The Hall–Kier alpha value is -2.14. The van der Waals surface area contributed by atoms with Crippen LogP contribution in [0.3, 0.4) is 0 Å². The van der Waals surface area contributed by atoms with Crippen molar-refractivity contribution >= 4 is 11.9 Å². The van der Waals surface area contributed by atoms with Crippen molar-refractivity contribution in [2.24, 2.45) is 39.9 Å². The van der Waals surface area contributed by atoms with Gasteiger partial charge in [-0.1, -0.05) is 71.1 Å². The van der Waals surface area contributed by atoms with Gasteiger partial charge in [0.1, 0.15) is 0 Å². The van der Waals surface area contributed by atoms with E-state index in [-0.39, 0.29) is 40.0 Å². The standard InChI is InChI=1S/C33H50O5/c1-20(2)22(5)11-12-23(30(36)38-10)29-27(34)19-33(8)26-14-13-24(21(3)4)31(6,17-16-28(35)37-9)25(26)15-18-32(29,33)7/h14-15,20,23-24,27,29,34H,3,5,11-13,16-19H2,1-2,4,6-10H3/t23-,24+,27-,29+,31+,32-,33+/m1/s1. The summed E-state index contributed by atoms with van der Waals surface area (Å²) in [6.07, 6.45) is 8.68. The smallest absolute Gasteiger partial charge is 0.309 e. The lowest BCUT2D eigenvalue weighted by Crippen LogP contribution is -2.49. The Morgan fingerprint density at radius 3 is 2.29 bits per heavy atom. The van der Waals surface area contributed by atoms with E-state index in [2.05, 4.69) is 66.9 Å². The van der Waals surface area contributed by atoms with E-state index in [1.807, 2.05) is 0 Å². The van der Waals surface area contributed by atoms with Gasteiger partial charge in [-0.3, -0.25) is 9.59 Å². The number of ether oxygens (including phenoxy) is 2. The second kappa shape index (κ2) is 11.2. The van der Waals surface area contributed by atoms with Crippen LogP contribution in [0.25, 0.3) is 0 Å². The predicted octanol–water partition coefficient (Wildman–Crippen LogP) is 6.97. The fraction of sp³-hybridized carbons (Fsp3) is 0.697. The molecule has 0 aromatic heterocycles. The maximum absolute atomic E-state index is 13.2. The number of carbonyl (C=O) groups excluding carboxylic acids is 2. The monoisotopic (exact) mass is 526 g/mol. The first kappa shape index (κ1) is 30.4. The van der Waals surface area contributed by atoms with Gasteiger partial charge in [0.15, 0.2) is 0 Å². The molecule has 212 valence electrons. The number of aliphatic hydroxyl groups is 1. The van der Waals surface area contributed by atoms with Gasteiger partial charge in [0, 0.05) is 17.8 Å². The van der Waals surface area contributed by atoms with Crippen LogP contribution in [0.1, 0.15) is 86.5 Å². The van der Waals surface area contributed by atoms with Crippen LogP contribution < -0.4 is 0 Å². The summed E-state index contributed by atoms with van der Waals surface area (Å²) in [5, 5.41) is 11.7. The lowest BCUT2D eigenvalue weighted by Gasteiger charge is -2.56. The number of carbonyl (C=O) groups is 2. The topological polar surface area (TPSA) is 72.8 Å². The highest BCUT2D eigenvalue weighted by atomic mass is 16.5. The van der Waals surface area contributed by atoms with Crippen LogP contribution in [0.15, 0.2) is 47.6 Å². The van der Waals surface area contributed by atoms with Crippen LogP contribution in [0.2, 0.25) is 0 Å². The number of rotatable bonds is 10. The van der Waals surface area contributed by atoms with Crippen molar-refractivity contribution in [3.63, 3.8) is 0 Å². The minimum absolute atomic E-state index is 0.199. The lowest BCUT2D eigenvalue weighted by molar-refractivity contribution is -0.152. The first-order valence-corrected chi connectivity index (χ1v) is 14.2. The molecular formula is C33H50O5. The molecule has 0 amide bonds. The van der Waals surface area contributed by atoms with E-state index < -0.39 is 12.0 Å². The molecule has 1 saturated carbocycles. The number of aliphatic hydroxyl groups excluding tert-OH is 1. The molecule has 3 rings (SSSR count). The molecule has 0 radical (unpaired) electrons. The predicted molar refractivity (Wildman–Crippen MR) is 152 cm³/mol. The Bertz CT molecular complexity index is 1030. The molecule has 38 heavy (non-hydrogen) atoms. The number of fused-ring (bicyclic) bond motifs is 3. The first-order chi connectivity index (χ1) is 17.7. The Morgan fingerprint density at radius 1 is 1.08 bits per heavy atom. The molecule has 0 aromatic rings. The van der Waals surface area contributed by atoms with Gasteiger partial charge in [0.2, 0.25) is 0 Å². The molecule has 0 bridgehead atoms. The summed E-state index contributed by atoms with van der Waals surface area (Å²) in [6, 6.07) is 0. The van der Waals surface area contributed by atoms with Gasteiger partial charge in [-0.15, -0.1) is 0 Å². The zero-order valence-corrected chi connectivity index (χ0v) is 25.0. The van der Waals surface area contributed by atoms with Gasteiger partial charge in [0.25, 0.3) is 0 Å². The van der Waals surface area contributed by atoms with E-state index in [1.54, 1.807) is 0 Å². The van der Waals surface area contributed by atoms with Gasteiger partial charge >= 0.3 is 11.9 Å². The summed E-state index contributed by atoms with van der Waals surface area (Å²) < 4.78 is 10.3. The van der Waals surface area contributed by atoms with Crippen LogP contribution >= 0.6 is 0 Å². The van der Waals surface area contributed by atoms with Crippen molar-refractivity contribution < 1.29 is 24.2 Å². The van der Waals surface area contributed by atoms with E-state index in [0.29, 0.717) is 31.6 Å². The minimum atomic E-state index is -0.616. The lowest BCUT2D eigenvalue weighted by atomic mass is 9.48. The van der Waals surface area contributed by atoms with Crippen molar-refractivity contribution in [2.75, 3.05) is 14.2 Å². The summed E-state index contributed by atoms with van der Waals surface area (Å²) in [5.41, 5.74) is 3.89. The normalized spacial score (nSPS) is 34.9. The van der Waals surface area contributed by atoms with Gasteiger partial charge < -0.3 is 14.6 Å². The third kappa shape index (κ3) is 4.96. The highest BCUT2D eigenvalue weighted by Crippen LogP contribution is 2.70. The van der Waals surface area contributed by atoms with Crippen LogP contribution in [0, 0.1) is 39.9 Å². The molecule has 0 spiro atoms. The Labute approximate surface area is 230 Å². The van der Waals surface area contributed by atoms with E-state index >= 15 is 0 Å². The van der Waals surface area contributed by atoms with E-state index in [4.69, 9.17) is 9.47 Å². The summed E-state index contributed by atoms with van der Waals surface area (Å²) in [4.78, 5) is 25.4. The summed E-state index contributed by atoms with van der Waals surface area (Å²) in [7, 11) is 2.89. The van der Waals surface area contributed by atoms with Crippen LogP contribution in [0.4, 0.5) is 0 Å². The number of esters is 2. The van der Waals surface area contributed by atoms with Crippen molar-refractivity contribution in [3.05, 3.63) is 47.6 Å². The Kier molecular flexibility index (Phi) is 8.92. The van der Waals surface area contributed by atoms with Crippen molar-refractivity contribution in [1.82, 2.24) is 0 Å². The highest BCUT2D eigenvalue weighted by Gasteiger charge is 2.65. The fourth-order valence-electron chi connectivity index (χ4n) is 8.09. The SMILES string of the molecule is C=C(CC[C@@H](C(=O)OC)[C@H]1[C@H](O)C[C@@]2(C)C3=CC[C@@H](C(=C)C)[C@](C)(CCC(=O)OC)C3=CC[C@]12C)C(C)C. The van der Waals surface area contributed by atoms with Crippen molar-refractivity contribution in [2.45, 2.75) is 92.6 Å². The van der Waals surface area contributed by atoms with Crippen molar-refractivity contribution in [1.29, 1.82) is 0 Å². The van der Waals surface area contributed by atoms with Crippen LogP contribution in [-0.2, 0) is 19.1 Å². The zero-order valence-electron chi connectivity index (χ0n) is 25.0. The van der Waals surface area contributed by atoms with Crippen LogP contribution in [-0.4, -0.2) is 37.4 Å². The number of hydrogen-bond donors (Lipinski definition) is 1. The average Bonchev–Trinajstić information content (AvgIpc) is 3.07. The molecule has 1 fully saturated rings. The van der Waals surface area contributed by atoms with E-state index in [9.17, 15) is 14.7 Å². The quantitative estimate of drug-likeness (QED) is 0.246. The highest BCUT2D eigenvalue weighted by molar-refractivity contribution is 5.73. The summed E-state index contributed by atoms with van der Waals surface area (Å²) in [6.45, 7) is 21.6. The fourth-order valence-corrected chi connectivity index (χ4v) is 8.09. The second-order valence-corrected chi connectivity index (χ2v) is 13.1. The van der Waals surface area contributed by atoms with E-state index in [0.717, 1.165) is 30.4 Å². The molecule has 0 aliphatic heterocycles. The molecule has 3 aliphatic carbocycles. The molecule has 1 N–H and O–H groups in total. The zero-order chi connectivity index (χ0) is 28.6.